The first-order valence-corrected chi connectivity index (χ1v) is 7.80. The van der Waals surface area contributed by atoms with Crippen LogP contribution in [0.15, 0.2) is 24.8 Å². The van der Waals surface area contributed by atoms with E-state index in [0.717, 1.165) is 36.5 Å². The highest BCUT2D eigenvalue weighted by atomic mass is 35.5. The summed E-state index contributed by atoms with van der Waals surface area (Å²) in [5.74, 6) is 0.596. The summed E-state index contributed by atoms with van der Waals surface area (Å²) in [5, 5.41) is 20.9. The van der Waals surface area contributed by atoms with Crippen molar-refractivity contribution in [2.24, 2.45) is 0 Å². The van der Waals surface area contributed by atoms with E-state index in [1.165, 1.54) is 12.8 Å². The number of rotatable bonds is 6. The second kappa shape index (κ2) is 5.57. The van der Waals surface area contributed by atoms with E-state index < -0.39 is 0 Å². The second-order valence-corrected chi connectivity index (χ2v) is 5.99. The SMILES string of the molecule is Clc1cnn(CCCNc2cc(C3CC3)nn3cnnc23)c1. The van der Waals surface area contributed by atoms with E-state index in [9.17, 15) is 0 Å². The Hall–Kier alpha value is -2.15. The van der Waals surface area contributed by atoms with Crippen LogP contribution >= 0.6 is 11.6 Å². The van der Waals surface area contributed by atoms with Gasteiger partial charge >= 0.3 is 0 Å². The van der Waals surface area contributed by atoms with Gasteiger partial charge in [-0.15, -0.1) is 10.2 Å². The molecule has 0 amide bonds. The molecule has 114 valence electrons. The zero-order valence-electron chi connectivity index (χ0n) is 12.0. The summed E-state index contributed by atoms with van der Waals surface area (Å²) in [6.07, 6.45) is 8.52. The smallest absolute Gasteiger partial charge is 0.200 e. The minimum Gasteiger partial charge on any atom is -0.382 e. The molecule has 1 saturated carbocycles. The third kappa shape index (κ3) is 2.76. The maximum Gasteiger partial charge on any atom is 0.200 e. The maximum atomic E-state index is 5.85. The lowest BCUT2D eigenvalue weighted by Gasteiger charge is -2.09. The van der Waals surface area contributed by atoms with Crippen LogP contribution in [0, 0.1) is 0 Å². The molecule has 8 heteroatoms. The van der Waals surface area contributed by atoms with Crippen molar-refractivity contribution in [1.29, 1.82) is 0 Å². The van der Waals surface area contributed by atoms with Crippen LogP contribution < -0.4 is 5.32 Å². The van der Waals surface area contributed by atoms with Gasteiger partial charge in [-0.2, -0.15) is 14.7 Å². The molecule has 1 aliphatic carbocycles. The van der Waals surface area contributed by atoms with E-state index in [1.807, 2.05) is 10.9 Å². The van der Waals surface area contributed by atoms with Crippen molar-refractivity contribution in [1.82, 2.24) is 29.6 Å². The van der Waals surface area contributed by atoms with Crippen LogP contribution in [0.5, 0.6) is 0 Å². The molecular weight excluding hydrogens is 302 g/mol. The Bertz CT molecular complexity index is 789. The van der Waals surface area contributed by atoms with Crippen molar-refractivity contribution in [3.8, 4) is 0 Å². The van der Waals surface area contributed by atoms with Gasteiger partial charge in [0.05, 0.1) is 22.6 Å². The summed E-state index contributed by atoms with van der Waals surface area (Å²) < 4.78 is 3.60. The number of hydrogen-bond acceptors (Lipinski definition) is 5. The van der Waals surface area contributed by atoms with E-state index in [4.69, 9.17) is 11.6 Å². The Morgan fingerprint density at radius 1 is 1.36 bits per heavy atom. The fourth-order valence-corrected chi connectivity index (χ4v) is 2.64. The Kier molecular flexibility index (Phi) is 3.42. The highest BCUT2D eigenvalue weighted by Crippen LogP contribution is 2.39. The molecule has 4 rings (SSSR count). The molecule has 3 aromatic rings. The lowest BCUT2D eigenvalue weighted by molar-refractivity contribution is 0.592. The molecule has 1 fully saturated rings. The molecule has 1 aliphatic rings. The first-order chi connectivity index (χ1) is 10.8. The quantitative estimate of drug-likeness (QED) is 0.706. The van der Waals surface area contributed by atoms with Crippen molar-refractivity contribution in [2.45, 2.75) is 31.7 Å². The summed E-state index contributed by atoms with van der Waals surface area (Å²) in [7, 11) is 0. The number of nitrogens with one attached hydrogen (secondary N) is 1. The highest BCUT2D eigenvalue weighted by molar-refractivity contribution is 6.30. The predicted octanol–water partition coefficient (Wildman–Crippen LogP) is 2.35. The lowest BCUT2D eigenvalue weighted by atomic mass is 10.2. The number of nitrogens with zero attached hydrogens (tertiary/aromatic N) is 6. The van der Waals surface area contributed by atoms with E-state index >= 15 is 0 Å². The summed E-state index contributed by atoms with van der Waals surface area (Å²) in [5.41, 5.74) is 2.88. The van der Waals surface area contributed by atoms with Gasteiger partial charge in [-0.25, -0.2) is 0 Å². The fourth-order valence-electron chi connectivity index (χ4n) is 2.48. The molecule has 3 heterocycles. The Labute approximate surface area is 132 Å². The monoisotopic (exact) mass is 317 g/mol. The maximum absolute atomic E-state index is 5.85. The van der Waals surface area contributed by atoms with Gasteiger partial charge in [0.25, 0.3) is 0 Å². The van der Waals surface area contributed by atoms with E-state index in [0.29, 0.717) is 10.9 Å². The summed E-state index contributed by atoms with van der Waals surface area (Å²) in [4.78, 5) is 0. The summed E-state index contributed by atoms with van der Waals surface area (Å²) in [6.45, 7) is 1.65. The van der Waals surface area contributed by atoms with Gasteiger partial charge in [0.2, 0.25) is 5.65 Å². The molecule has 3 aromatic heterocycles. The second-order valence-electron chi connectivity index (χ2n) is 5.56. The van der Waals surface area contributed by atoms with Crippen LogP contribution in [0.2, 0.25) is 5.02 Å². The molecule has 1 N–H and O–H groups in total. The van der Waals surface area contributed by atoms with Crippen LogP contribution in [-0.4, -0.2) is 36.1 Å². The van der Waals surface area contributed by atoms with E-state index in [1.54, 1.807) is 17.0 Å². The van der Waals surface area contributed by atoms with Gasteiger partial charge < -0.3 is 5.32 Å². The van der Waals surface area contributed by atoms with Crippen molar-refractivity contribution >= 4 is 22.9 Å². The first-order valence-electron chi connectivity index (χ1n) is 7.42. The Morgan fingerprint density at radius 2 is 2.27 bits per heavy atom. The number of fused-ring (bicyclic) bond motifs is 1. The van der Waals surface area contributed by atoms with Gasteiger partial charge in [-0.05, 0) is 25.3 Å². The van der Waals surface area contributed by atoms with Gasteiger partial charge in [-0.1, -0.05) is 11.6 Å². The third-order valence-electron chi connectivity index (χ3n) is 3.76. The van der Waals surface area contributed by atoms with E-state index in [-0.39, 0.29) is 0 Å². The normalized spacial score (nSPS) is 14.6. The number of hydrogen-bond donors (Lipinski definition) is 1. The van der Waals surface area contributed by atoms with Crippen LogP contribution in [-0.2, 0) is 6.54 Å². The summed E-state index contributed by atoms with van der Waals surface area (Å²) in [6, 6.07) is 2.10. The molecule has 0 spiro atoms. The van der Waals surface area contributed by atoms with Crippen LogP contribution in [0.1, 0.15) is 30.9 Å². The lowest BCUT2D eigenvalue weighted by Crippen LogP contribution is -2.09. The Balaban J connectivity index is 1.43. The average molecular weight is 318 g/mol. The van der Waals surface area contributed by atoms with Crippen LogP contribution in [0.3, 0.4) is 0 Å². The molecular formula is C14H16ClN7. The largest absolute Gasteiger partial charge is 0.382 e. The topological polar surface area (TPSA) is 72.9 Å². The van der Waals surface area contributed by atoms with Crippen molar-refractivity contribution in [3.05, 3.63) is 35.5 Å². The van der Waals surface area contributed by atoms with Crippen molar-refractivity contribution < 1.29 is 0 Å². The number of aromatic nitrogens is 6. The van der Waals surface area contributed by atoms with Gasteiger partial charge in [0.1, 0.15) is 6.33 Å². The van der Waals surface area contributed by atoms with E-state index in [2.05, 4.69) is 31.8 Å². The predicted molar refractivity (Wildman–Crippen MR) is 83.1 cm³/mol. The zero-order valence-corrected chi connectivity index (χ0v) is 12.7. The molecule has 0 unspecified atom stereocenters. The standard InChI is InChI=1S/C14H16ClN7/c15-11-7-18-21(8-11)5-1-4-16-13-6-12(10-2-3-10)20-22-9-17-19-14(13)22/h6-10,16H,1-5H2. The average Bonchev–Trinajstić information content (AvgIpc) is 3.12. The third-order valence-corrected chi connectivity index (χ3v) is 3.96. The Morgan fingerprint density at radius 3 is 3.05 bits per heavy atom. The first kappa shape index (κ1) is 13.5. The summed E-state index contributed by atoms with van der Waals surface area (Å²) >= 11 is 5.85. The van der Waals surface area contributed by atoms with Crippen LogP contribution in [0.4, 0.5) is 5.69 Å². The molecule has 0 aliphatic heterocycles. The molecule has 0 aromatic carbocycles. The zero-order chi connectivity index (χ0) is 14.9. The molecule has 0 radical (unpaired) electrons. The minimum absolute atomic E-state index is 0.596. The molecule has 0 atom stereocenters. The molecule has 22 heavy (non-hydrogen) atoms. The van der Waals surface area contributed by atoms with Crippen molar-refractivity contribution in [3.63, 3.8) is 0 Å². The van der Waals surface area contributed by atoms with Crippen molar-refractivity contribution in [2.75, 3.05) is 11.9 Å². The van der Waals surface area contributed by atoms with Crippen LogP contribution in [0.25, 0.3) is 5.65 Å². The number of aryl methyl sites for hydroxylation is 1. The molecule has 7 nitrogen and oxygen atoms in total. The van der Waals surface area contributed by atoms with Gasteiger partial charge in [0, 0.05) is 25.2 Å². The van der Waals surface area contributed by atoms with Gasteiger partial charge in [0.15, 0.2) is 0 Å². The minimum atomic E-state index is 0.596. The van der Waals surface area contributed by atoms with Gasteiger partial charge in [-0.3, -0.25) is 4.68 Å². The fraction of sp³-hybridized carbons (Fsp3) is 0.429. The number of halogens is 1. The molecule has 0 saturated heterocycles. The molecule has 0 bridgehead atoms. The number of anilines is 1. The highest BCUT2D eigenvalue weighted by Gasteiger charge is 2.26.